The predicted octanol–water partition coefficient (Wildman–Crippen LogP) is 7.34. The highest BCUT2D eigenvalue weighted by atomic mass is 35.5. The number of halogens is 1. The molecule has 0 radical (unpaired) electrons. The Morgan fingerprint density at radius 2 is 1.80 bits per heavy atom. The van der Waals surface area contributed by atoms with Crippen molar-refractivity contribution < 1.29 is 23.9 Å². The van der Waals surface area contributed by atoms with Crippen molar-refractivity contribution in [3.8, 4) is 11.5 Å². The highest BCUT2D eigenvalue weighted by Crippen LogP contribution is 2.38. The lowest BCUT2D eigenvalue weighted by molar-refractivity contribution is -0.127. The van der Waals surface area contributed by atoms with E-state index in [4.69, 9.17) is 21.1 Å². The fourth-order valence-corrected chi connectivity index (χ4v) is 5.15. The molecular formula is C32H31ClN2O5S. The molecule has 0 bridgehead atoms. The standard InChI is InChI=1S/C32H31ClN2O5S/c1-5-7-24-15-23(16-27(39-6-2)30(24)40-19-22-9-11-25(33)12-10-22)17-28-31(37)35(32(38)41-28)18-29(36)34-26-13-8-20(3)21(4)14-26/h5,8-17H,1,6-7,18-19H2,2-4H3,(H,34,36)/b28-17+. The Morgan fingerprint density at radius 1 is 1.05 bits per heavy atom. The molecular weight excluding hydrogens is 560 g/mol. The number of thioether (sulfide) groups is 1. The Labute approximate surface area is 249 Å². The molecule has 7 nitrogen and oxygen atoms in total. The minimum Gasteiger partial charge on any atom is -0.490 e. The van der Waals surface area contributed by atoms with Crippen molar-refractivity contribution in [1.29, 1.82) is 0 Å². The Hall–Kier alpha value is -4.01. The van der Waals surface area contributed by atoms with E-state index in [1.807, 2.05) is 51.1 Å². The van der Waals surface area contributed by atoms with Crippen LogP contribution in [0.1, 0.15) is 34.7 Å². The van der Waals surface area contributed by atoms with Gasteiger partial charge in [-0.05, 0) is 104 Å². The zero-order valence-electron chi connectivity index (χ0n) is 23.2. The number of amides is 3. The first kappa shape index (κ1) is 30.0. The molecule has 0 aliphatic carbocycles. The van der Waals surface area contributed by atoms with Crippen molar-refractivity contribution in [2.45, 2.75) is 33.8 Å². The first-order chi connectivity index (χ1) is 19.7. The molecule has 1 N–H and O–H groups in total. The second-order valence-electron chi connectivity index (χ2n) is 9.46. The third-order valence-corrected chi connectivity index (χ3v) is 7.54. The van der Waals surface area contributed by atoms with Crippen molar-refractivity contribution in [2.24, 2.45) is 0 Å². The van der Waals surface area contributed by atoms with Crippen molar-refractivity contribution in [2.75, 3.05) is 18.5 Å². The minimum absolute atomic E-state index is 0.218. The number of aryl methyl sites for hydroxylation is 2. The van der Waals surface area contributed by atoms with Gasteiger partial charge in [-0.2, -0.15) is 0 Å². The minimum atomic E-state index is -0.526. The largest absolute Gasteiger partial charge is 0.490 e. The Bertz CT molecular complexity index is 1520. The lowest BCUT2D eigenvalue weighted by atomic mass is 10.0. The molecule has 1 aliphatic rings. The number of ether oxygens (including phenoxy) is 2. The van der Waals surface area contributed by atoms with E-state index in [-0.39, 0.29) is 11.4 Å². The summed E-state index contributed by atoms with van der Waals surface area (Å²) in [5.74, 6) is 0.112. The molecule has 4 rings (SSSR count). The number of carbonyl (C=O) groups excluding carboxylic acids is 3. The van der Waals surface area contributed by atoms with Gasteiger partial charge >= 0.3 is 0 Å². The first-order valence-electron chi connectivity index (χ1n) is 13.1. The maximum Gasteiger partial charge on any atom is 0.294 e. The van der Waals surface area contributed by atoms with Crippen LogP contribution < -0.4 is 14.8 Å². The topological polar surface area (TPSA) is 84.9 Å². The maximum absolute atomic E-state index is 13.1. The quantitative estimate of drug-likeness (QED) is 0.186. The zero-order valence-corrected chi connectivity index (χ0v) is 24.7. The van der Waals surface area contributed by atoms with Crippen molar-refractivity contribution in [3.05, 3.63) is 105 Å². The van der Waals surface area contributed by atoms with Crippen LogP contribution in [0.5, 0.6) is 11.5 Å². The number of hydrogen-bond donors (Lipinski definition) is 1. The third kappa shape index (κ3) is 7.60. The molecule has 1 saturated heterocycles. The normalized spacial score (nSPS) is 14.0. The van der Waals surface area contributed by atoms with E-state index >= 15 is 0 Å². The van der Waals surface area contributed by atoms with Gasteiger partial charge in [0.15, 0.2) is 11.5 Å². The van der Waals surface area contributed by atoms with E-state index in [1.165, 1.54) is 0 Å². The molecule has 0 aromatic heterocycles. The van der Waals surface area contributed by atoms with Crippen LogP contribution in [0.25, 0.3) is 6.08 Å². The van der Waals surface area contributed by atoms with Gasteiger partial charge in [0.2, 0.25) is 5.91 Å². The second kappa shape index (κ2) is 13.6. The number of allylic oxidation sites excluding steroid dienone is 1. The summed E-state index contributed by atoms with van der Waals surface area (Å²) in [6.07, 6.45) is 3.88. The van der Waals surface area contributed by atoms with Crippen LogP contribution in [-0.4, -0.2) is 35.1 Å². The number of imide groups is 1. The van der Waals surface area contributed by atoms with Gasteiger partial charge in [0.1, 0.15) is 13.2 Å². The zero-order chi connectivity index (χ0) is 29.5. The van der Waals surface area contributed by atoms with Crippen molar-refractivity contribution >= 4 is 52.2 Å². The SMILES string of the molecule is C=CCc1cc(/C=C2/SC(=O)N(CC(=O)Nc3ccc(C)c(C)c3)C2=O)cc(OCC)c1OCc1ccc(Cl)cc1. The van der Waals surface area contributed by atoms with Crippen LogP contribution in [0, 0.1) is 13.8 Å². The smallest absolute Gasteiger partial charge is 0.294 e. The fourth-order valence-electron chi connectivity index (χ4n) is 4.19. The van der Waals surface area contributed by atoms with E-state index in [1.54, 1.807) is 36.4 Å². The van der Waals surface area contributed by atoms with Gasteiger partial charge in [0, 0.05) is 16.3 Å². The van der Waals surface area contributed by atoms with Crippen LogP contribution in [-0.2, 0) is 22.6 Å². The van der Waals surface area contributed by atoms with E-state index < -0.39 is 17.1 Å². The van der Waals surface area contributed by atoms with Crippen molar-refractivity contribution in [1.82, 2.24) is 4.90 Å². The lowest BCUT2D eigenvalue weighted by Gasteiger charge is -2.17. The van der Waals surface area contributed by atoms with E-state index in [0.717, 1.165) is 38.9 Å². The maximum atomic E-state index is 13.1. The van der Waals surface area contributed by atoms with Gasteiger partial charge in [-0.1, -0.05) is 35.9 Å². The van der Waals surface area contributed by atoms with Crippen LogP contribution in [0.15, 0.2) is 72.2 Å². The number of anilines is 1. The molecule has 1 heterocycles. The molecule has 41 heavy (non-hydrogen) atoms. The summed E-state index contributed by atoms with van der Waals surface area (Å²) in [4.78, 5) is 39.6. The summed E-state index contributed by atoms with van der Waals surface area (Å²) >= 11 is 6.79. The molecule has 1 fully saturated rings. The van der Waals surface area contributed by atoms with Gasteiger partial charge in [-0.25, -0.2) is 0 Å². The number of benzene rings is 3. The van der Waals surface area contributed by atoms with Crippen LogP contribution in [0.3, 0.4) is 0 Å². The summed E-state index contributed by atoms with van der Waals surface area (Å²) in [6, 6.07) is 16.6. The summed E-state index contributed by atoms with van der Waals surface area (Å²) in [5, 5.41) is 2.90. The number of rotatable bonds is 11. The van der Waals surface area contributed by atoms with E-state index in [2.05, 4.69) is 11.9 Å². The molecule has 0 spiro atoms. The van der Waals surface area contributed by atoms with Crippen molar-refractivity contribution in [3.63, 3.8) is 0 Å². The predicted molar refractivity (Wildman–Crippen MR) is 165 cm³/mol. The molecule has 1 aliphatic heterocycles. The molecule has 9 heteroatoms. The molecule has 0 atom stereocenters. The van der Waals surface area contributed by atoms with Crippen LogP contribution in [0.4, 0.5) is 10.5 Å². The Kier molecular flexibility index (Phi) is 9.91. The Morgan fingerprint density at radius 3 is 2.49 bits per heavy atom. The average molecular weight is 591 g/mol. The molecule has 0 saturated carbocycles. The molecule has 3 amide bonds. The van der Waals surface area contributed by atoms with Crippen LogP contribution >= 0.6 is 23.4 Å². The van der Waals surface area contributed by atoms with Gasteiger partial charge in [-0.15, -0.1) is 6.58 Å². The lowest BCUT2D eigenvalue weighted by Crippen LogP contribution is -2.36. The third-order valence-electron chi connectivity index (χ3n) is 6.38. The summed E-state index contributed by atoms with van der Waals surface area (Å²) in [5.41, 5.74) is 5.16. The first-order valence-corrected chi connectivity index (χ1v) is 14.3. The number of hydrogen-bond acceptors (Lipinski definition) is 6. The molecule has 0 unspecified atom stereocenters. The van der Waals surface area contributed by atoms with Gasteiger partial charge in [0.25, 0.3) is 11.1 Å². The number of nitrogens with one attached hydrogen (secondary N) is 1. The van der Waals surface area contributed by atoms with E-state index in [0.29, 0.717) is 47.4 Å². The van der Waals surface area contributed by atoms with Crippen LogP contribution in [0.2, 0.25) is 5.02 Å². The molecule has 212 valence electrons. The average Bonchev–Trinajstić information content (AvgIpc) is 3.18. The second-order valence-corrected chi connectivity index (χ2v) is 10.9. The highest BCUT2D eigenvalue weighted by Gasteiger charge is 2.36. The molecule has 3 aromatic carbocycles. The summed E-state index contributed by atoms with van der Waals surface area (Å²) in [6.45, 7) is 9.99. The number of carbonyl (C=O) groups is 3. The summed E-state index contributed by atoms with van der Waals surface area (Å²) < 4.78 is 12.1. The van der Waals surface area contributed by atoms with Gasteiger partial charge in [-0.3, -0.25) is 19.3 Å². The Balaban J connectivity index is 1.54. The molecule has 3 aromatic rings. The fraction of sp³-hybridized carbons (Fsp3) is 0.219. The number of nitrogens with zero attached hydrogens (tertiary/aromatic N) is 1. The van der Waals surface area contributed by atoms with Gasteiger partial charge < -0.3 is 14.8 Å². The highest BCUT2D eigenvalue weighted by molar-refractivity contribution is 8.18. The van der Waals surface area contributed by atoms with E-state index in [9.17, 15) is 14.4 Å². The summed E-state index contributed by atoms with van der Waals surface area (Å²) in [7, 11) is 0. The van der Waals surface area contributed by atoms with Gasteiger partial charge in [0.05, 0.1) is 11.5 Å². The monoisotopic (exact) mass is 590 g/mol.